The molecule has 7 aromatic carbocycles. The molecule has 0 aliphatic heterocycles. The first-order valence-corrected chi connectivity index (χ1v) is 16.8. The van der Waals surface area contributed by atoms with E-state index in [2.05, 4.69) is 163 Å². The van der Waals surface area contributed by atoms with Gasteiger partial charge in [0, 0.05) is 10.8 Å². The number of hydrogen-bond donors (Lipinski definition) is 0. The van der Waals surface area contributed by atoms with Crippen LogP contribution in [0.3, 0.4) is 0 Å². The van der Waals surface area contributed by atoms with E-state index < -0.39 is 0 Å². The lowest BCUT2D eigenvalue weighted by Crippen LogP contribution is -2.17. The average Bonchev–Trinajstić information content (AvgIpc) is 3.45. The molecule has 0 saturated carbocycles. The summed E-state index contributed by atoms with van der Waals surface area (Å²) >= 11 is 0. The van der Waals surface area contributed by atoms with Crippen molar-refractivity contribution in [3.63, 3.8) is 0 Å². The second kappa shape index (κ2) is 9.66. The fourth-order valence-electron chi connectivity index (χ4n) is 8.88. The van der Waals surface area contributed by atoms with E-state index in [-0.39, 0.29) is 10.8 Å². The van der Waals surface area contributed by atoms with Gasteiger partial charge in [0.25, 0.3) is 0 Å². The molecule has 226 valence electrons. The van der Waals surface area contributed by atoms with Gasteiger partial charge in [-0.15, -0.1) is 0 Å². The monoisotopic (exact) mass is 602 g/mol. The topological polar surface area (TPSA) is 0 Å². The highest BCUT2D eigenvalue weighted by molar-refractivity contribution is 6.19. The van der Waals surface area contributed by atoms with Gasteiger partial charge in [-0.05, 0) is 130 Å². The van der Waals surface area contributed by atoms with Gasteiger partial charge in [-0.2, -0.15) is 0 Å². The SMILES string of the molecule is C=C/C(c1ccccc1)=c1/ccc2cc3c(c4ccc(C)c1c24)-c1cc2c(cc1C3(C)C)-c1cc(-c3ccccc3)ccc1C2(C)C. The van der Waals surface area contributed by atoms with E-state index in [0.717, 1.165) is 0 Å². The second-order valence-corrected chi connectivity index (χ2v) is 14.6. The minimum absolute atomic E-state index is 0.0854. The average molecular weight is 603 g/mol. The Labute approximate surface area is 277 Å². The summed E-state index contributed by atoms with van der Waals surface area (Å²) in [7, 11) is 0. The molecule has 0 aromatic heterocycles. The van der Waals surface area contributed by atoms with Crippen LogP contribution in [-0.4, -0.2) is 0 Å². The molecule has 0 heterocycles. The van der Waals surface area contributed by atoms with Crippen LogP contribution in [0.15, 0.2) is 134 Å². The molecular formula is C47H38. The zero-order chi connectivity index (χ0) is 32.2. The van der Waals surface area contributed by atoms with Crippen molar-refractivity contribution in [1.29, 1.82) is 0 Å². The molecular weight excluding hydrogens is 565 g/mol. The van der Waals surface area contributed by atoms with Gasteiger partial charge in [0.1, 0.15) is 0 Å². The van der Waals surface area contributed by atoms with Crippen molar-refractivity contribution in [3.8, 4) is 33.4 Å². The van der Waals surface area contributed by atoms with E-state index in [9.17, 15) is 0 Å². The molecule has 0 amide bonds. The lowest BCUT2D eigenvalue weighted by atomic mass is 9.79. The minimum Gasteiger partial charge on any atom is -0.0984 e. The molecule has 0 radical (unpaired) electrons. The van der Waals surface area contributed by atoms with Gasteiger partial charge < -0.3 is 0 Å². The molecule has 0 heteroatoms. The Hall–Kier alpha value is -5.20. The summed E-state index contributed by atoms with van der Waals surface area (Å²) < 4.78 is 0. The summed E-state index contributed by atoms with van der Waals surface area (Å²) in [5.74, 6) is 0. The third-order valence-corrected chi connectivity index (χ3v) is 11.4. The largest absolute Gasteiger partial charge is 0.0984 e. The molecule has 0 nitrogen and oxygen atoms in total. The highest BCUT2D eigenvalue weighted by atomic mass is 14.5. The summed E-state index contributed by atoms with van der Waals surface area (Å²) in [6, 6.07) is 45.5. The standard InChI is InChI=1S/C47H38/c1-7-33(30-16-12-9-13-17-30)34-22-19-32-25-42-45(35-21-18-28(2)43(34)44(32)35)38-27-40-37(26-41(38)47(42,5)6)36-24-31(29-14-10-8-11-15-29)20-23-39(36)46(40,3)4/h7-27H,1H2,2-6H3/b34-33+. The molecule has 9 rings (SSSR count). The van der Waals surface area contributed by atoms with E-state index in [1.807, 2.05) is 6.08 Å². The molecule has 0 bridgehead atoms. The lowest BCUT2D eigenvalue weighted by Gasteiger charge is -2.24. The van der Waals surface area contributed by atoms with Crippen LogP contribution < -0.4 is 5.22 Å². The highest BCUT2D eigenvalue weighted by Crippen LogP contribution is 2.58. The molecule has 0 fully saturated rings. The quantitative estimate of drug-likeness (QED) is 0.189. The summed E-state index contributed by atoms with van der Waals surface area (Å²) in [6.45, 7) is 16.2. The van der Waals surface area contributed by atoms with Crippen molar-refractivity contribution < 1.29 is 0 Å². The van der Waals surface area contributed by atoms with Gasteiger partial charge in [-0.3, -0.25) is 0 Å². The Bertz CT molecular complexity index is 2510. The number of rotatable bonds is 3. The van der Waals surface area contributed by atoms with E-state index in [0.29, 0.717) is 0 Å². The molecule has 7 aromatic rings. The van der Waals surface area contributed by atoms with Gasteiger partial charge in [0.2, 0.25) is 0 Å². The van der Waals surface area contributed by atoms with Gasteiger partial charge in [0.15, 0.2) is 0 Å². The van der Waals surface area contributed by atoms with Gasteiger partial charge in [0.05, 0.1) is 0 Å². The normalized spacial score (nSPS) is 15.7. The van der Waals surface area contributed by atoms with Crippen LogP contribution in [-0.2, 0) is 10.8 Å². The number of fused-ring (bicyclic) bond motifs is 7. The van der Waals surface area contributed by atoms with Crippen molar-refractivity contribution in [1.82, 2.24) is 0 Å². The summed E-state index contributed by atoms with van der Waals surface area (Å²) in [6.07, 6.45) is 2.02. The maximum Gasteiger partial charge on any atom is 0.0159 e. The molecule has 2 aliphatic carbocycles. The Balaban J connectivity index is 1.33. The Kier molecular flexibility index (Phi) is 5.77. The Morgan fingerprint density at radius 3 is 1.96 bits per heavy atom. The number of allylic oxidation sites excluding steroid dienone is 1. The third-order valence-electron chi connectivity index (χ3n) is 11.4. The van der Waals surface area contributed by atoms with Crippen molar-refractivity contribution >= 4 is 27.1 Å². The van der Waals surface area contributed by atoms with Crippen molar-refractivity contribution in [2.45, 2.75) is 45.4 Å². The van der Waals surface area contributed by atoms with Crippen molar-refractivity contribution in [3.05, 3.63) is 173 Å². The maximum atomic E-state index is 4.26. The Morgan fingerprint density at radius 2 is 1.21 bits per heavy atom. The predicted octanol–water partition coefficient (Wildman–Crippen LogP) is 11.7. The van der Waals surface area contributed by atoms with E-state index in [1.165, 1.54) is 99.1 Å². The highest BCUT2D eigenvalue weighted by Gasteiger charge is 2.42. The van der Waals surface area contributed by atoms with Crippen LogP contribution >= 0.6 is 0 Å². The first-order chi connectivity index (χ1) is 22.7. The van der Waals surface area contributed by atoms with E-state index in [4.69, 9.17) is 0 Å². The van der Waals surface area contributed by atoms with Crippen LogP contribution in [0.4, 0.5) is 0 Å². The molecule has 0 spiro atoms. The summed E-state index contributed by atoms with van der Waals surface area (Å²) in [4.78, 5) is 0. The van der Waals surface area contributed by atoms with E-state index >= 15 is 0 Å². The van der Waals surface area contributed by atoms with Crippen LogP contribution in [0.5, 0.6) is 0 Å². The number of hydrogen-bond acceptors (Lipinski definition) is 0. The Morgan fingerprint density at radius 1 is 0.553 bits per heavy atom. The molecule has 0 unspecified atom stereocenters. The van der Waals surface area contributed by atoms with Gasteiger partial charge >= 0.3 is 0 Å². The molecule has 0 N–H and O–H groups in total. The van der Waals surface area contributed by atoms with Gasteiger partial charge in [-0.25, -0.2) is 0 Å². The molecule has 0 saturated heterocycles. The zero-order valence-corrected chi connectivity index (χ0v) is 27.8. The predicted molar refractivity (Wildman–Crippen MR) is 201 cm³/mol. The second-order valence-electron chi connectivity index (χ2n) is 14.6. The van der Waals surface area contributed by atoms with Crippen LogP contribution in [0.2, 0.25) is 0 Å². The lowest BCUT2D eigenvalue weighted by molar-refractivity contribution is 0.652. The first kappa shape index (κ1) is 28.1. The van der Waals surface area contributed by atoms with Crippen molar-refractivity contribution in [2.24, 2.45) is 0 Å². The first-order valence-electron chi connectivity index (χ1n) is 16.8. The number of aryl methyl sites for hydroxylation is 1. The van der Waals surface area contributed by atoms with Gasteiger partial charge in [-0.1, -0.05) is 137 Å². The smallest absolute Gasteiger partial charge is 0.0159 e. The van der Waals surface area contributed by atoms with E-state index in [1.54, 1.807) is 0 Å². The third kappa shape index (κ3) is 3.76. The molecule has 0 atom stereocenters. The van der Waals surface area contributed by atoms with Crippen LogP contribution in [0, 0.1) is 6.92 Å². The van der Waals surface area contributed by atoms with Crippen molar-refractivity contribution in [2.75, 3.05) is 0 Å². The minimum atomic E-state index is -0.125. The fraction of sp³-hybridized carbons (Fsp3) is 0.149. The molecule has 2 aliphatic rings. The summed E-state index contributed by atoms with van der Waals surface area (Å²) in [5, 5.41) is 6.59. The summed E-state index contributed by atoms with van der Waals surface area (Å²) in [5.41, 5.74) is 17.2. The molecule has 47 heavy (non-hydrogen) atoms. The van der Waals surface area contributed by atoms with Crippen LogP contribution in [0.1, 0.15) is 61.1 Å². The number of benzene rings is 7. The zero-order valence-electron chi connectivity index (χ0n) is 27.8. The fourth-order valence-corrected chi connectivity index (χ4v) is 8.88. The van der Waals surface area contributed by atoms with Crippen LogP contribution in [0.25, 0.3) is 60.5 Å². The maximum absolute atomic E-state index is 4.26.